The molecular formula is C22H21ClN4O2. The Bertz CT molecular complexity index is 1140. The summed E-state index contributed by atoms with van der Waals surface area (Å²) in [5.41, 5.74) is 3.36. The summed E-state index contributed by atoms with van der Waals surface area (Å²) in [6.45, 7) is 4.47. The van der Waals surface area contributed by atoms with Crippen molar-refractivity contribution in [2.45, 2.75) is 32.9 Å². The Balaban J connectivity index is 1.61. The van der Waals surface area contributed by atoms with Gasteiger partial charge in [-0.25, -0.2) is 4.98 Å². The van der Waals surface area contributed by atoms with Gasteiger partial charge in [-0.1, -0.05) is 41.9 Å². The zero-order valence-corrected chi connectivity index (χ0v) is 17.0. The van der Waals surface area contributed by atoms with Crippen LogP contribution in [0.25, 0.3) is 11.0 Å². The number of amides is 1. The van der Waals surface area contributed by atoms with Crippen LogP contribution in [0.15, 0.2) is 59.5 Å². The second-order valence-electron chi connectivity index (χ2n) is 7.06. The molecule has 148 valence electrons. The van der Waals surface area contributed by atoms with Crippen molar-refractivity contribution in [1.29, 1.82) is 0 Å². The second kappa shape index (κ2) is 8.09. The fraction of sp³-hybridized carbons (Fsp3) is 0.227. The average Bonchev–Trinajstić information content (AvgIpc) is 3.34. The van der Waals surface area contributed by atoms with E-state index in [2.05, 4.69) is 15.4 Å². The van der Waals surface area contributed by atoms with Crippen molar-refractivity contribution in [3.8, 4) is 0 Å². The van der Waals surface area contributed by atoms with Crippen LogP contribution in [0.2, 0.25) is 5.02 Å². The van der Waals surface area contributed by atoms with Gasteiger partial charge >= 0.3 is 0 Å². The first-order chi connectivity index (χ1) is 14.0. The van der Waals surface area contributed by atoms with Gasteiger partial charge in [-0.05, 0) is 43.5 Å². The smallest absolute Gasteiger partial charge is 0.287 e. The Morgan fingerprint density at radius 3 is 2.76 bits per heavy atom. The number of carbonyl (C=O) groups excluding carboxylic acids is 1. The van der Waals surface area contributed by atoms with Gasteiger partial charge < -0.3 is 9.73 Å². The Labute approximate surface area is 173 Å². The molecule has 2 aromatic carbocycles. The lowest BCUT2D eigenvalue weighted by Gasteiger charge is -2.19. The maximum Gasteiger partial charge on any atom is 0.287 e. The van der Waals surface area contributed by atoms with Crippen LogP contribution in [-0.4, -0.2) is 20.7 Å². The van der Waals surface area contributed by atoms with E-state index >= 15 is 0 Å². The molecule has 4 aromatic rings. The number of aryl methyl sites for hydroxylation is 3. The molecule has 0 saturated heterocycles. The molecule has 1 atom stereocenters. The summed E-state index contributed by atoms with van der Waals surface area (Å²) in [4.78, 5) is 17.1. The summed E-state index contributed by atoms with van der Waals surface area (Å²) < 4.78 is 7.61. The van der Waals surface area contributed by atoms with Crippen LogP contribution in [0, 0.1) is 13.8 Å². The molecule has 4 rings (SSSR count). The predicted molar refractivity (Wildman–Crippen MR) is 112 cm³/mol. The van der Waals surface area contributed by atoms with Crippen molar-refractivity contribution < 1.29 is 9.21 Å². The third kappa shape index (κ3) is 4.03. The SMILES string of the molecule is Cc1cc(Cl)c2oc(C(=O)NC(CCn3cncn3)c3ccccc3)c(C)c2c1. The topological polar surface area (TPSA) is 73.0 Å². The van der Waals surface area contributed by atoms with Gasteiger partial charge in [0.25, 0.3) is 5.91 Å². The van der Waals surface area contributed by atoms with Crippen LogP contribution in [0.4, 0.5) is 0 Å². The van der Waals surface area contributed by atoms with Gasteiger partial charge in [0.05, 0.1) is 11.1 Å². The summed E-state index contributed by atoms with van der Waals surface area (Å²) in [7, 11) is 0. The van der Waals surface area contributed by atoms with Crippen LogP contribution in [0.5, 0.6) is 0 Å². The zero-order chi connectivity index (χ0) is 20.4. The number of hydrogen-bond donors (Lipinski definition) is 1. The van der Waals surface area contributed by atoms with E-state index in [0.29, 0.717) is 23.6 Å². The summed E-state index contributed by atoms with van der Waals surface area (Å²) >= 11 is 6.32. The van der Waals surface area contributed by atoms with Crippen LogP contribution >= 0.6 is 11.6 Å². The molecule has 0 saturated carbocycles. The lowest BCUT2D eigenvalue weighted by molar-refractivity contribution is 0.0906. The van der Waals surface area contributed by atoms with Crippen LogP contribution < -0.4 is 5.32 Å². The first kappa shape index (κ1) is 19.2. The lowest BCUT2D eigenvalue weighted by atomic mass is 10.0. The van der Waals surface area contributed by atoms with Crippen LogP contribution in [-0.2, 0) is 6.54 Å². The fourth-order valence-corrected chi connectivity index (χ4v) is 3.78. The zero-order valence-electron chi connectivity index (χ0n) is 16.2. The molecule has 2 heterocycles. The molecule has 0 bridgehead atoms. The highest BCUT2D eigenvalue weighted by Gasteiger charge is 2.23. The Morgan fingerprint density at radius 2 is 2.03 bits per heavy atom. The standard InChI is InChI=1S/C22H21ClN4O2/c1-14-10-17-15(2)20(29-21(17)18(23)11-14)22(28)26-19(16-6-4-3-5-7-16)8-9-27-13-24-12-25-27/h3-7,10-13,19H,8-9H2,1-2H3,(H,26,28). The fourth-order valence-electron chi connectivity index (χ4n) is 3.47. The molecule has 2 aromatic heterocycles. The number of nitrogens with one attached hydrogen (secondary N) is 1. The number of nitrogens with zero attached hydrogens (tertiary/aromatic N) is 3. The summed E-state index contributed by atoms with van der Waals surface area (Å²) in [6, 6.07) is 13.5. The molecule has 1 N–H and O–H groups in total. The molecule has 0 aliphatic carbocycles. The minimum absolute atomic E-state index is 0.197. The Kier molecular flexibility index (Phi) is 5.36. The number of benzene rings is 2. The monoisotopic (exact) mass is 408 g/mol. The highest BCUT2D eigenvalue weighted by Crippen LogP contribution is 2.32. The second-order valence-corrected chi connectivity index (χ2v) is 7.47. The van der Waals surface area contributed by atoms with Crippen molar-refractivity contribution in [3.05, 3.63) is 82.6 Å². The third-order valence-corrected chi connectivity index (χ3v) is 5.24. The molecule has 7 heteroatoms. The van der Waals surface area contributed by atoms with E-state index in [-0.39, 0.29) is 17.7 Å². The minimum atomic E-state index is -0.264. The molecular weight excluding hydrogens is 388 g/mol. The number of fused-ring (bicyclic) bond motifs is 1. The van der Waals surface area contributed by atoms with Gasteiger partial charge in [-0.2, -0.15) is 5.10 Å². The first-order valence-electron chi connectivity index (χ1n) is 9.40. The number of aromatic nitrogens is 3. The van der Waals surface area contributed by atoms with E-state index in [0.717, 1.165) is 22.1 Å². The molecule has 29 heavy (non-hydrogen) atoms. The van der Waals surface area contributed by atoms with Gasteiger partial charge in [-0.3, -0.25) is 9.48 Å². The Hall–Kier alpha value is -3.12. The molecule has 1 unspecified atom stereocenters. The minimum Gasteiger partial charge on any atom is -0.449 e. The van der Waals surface area contributed by atoms with Crippen LogP contribution in [0.1, 0.15) is 39.7 Å². The lowest BCUT2D eigenvalue weighted by Crippen LogP contribution is -2.29. The van der Waals surface area contributed by atoms with E-state index in [1.54, 1.807) is 11.0 Å². The molecule has 0 aliphatic heterocycles. The summed E-state index contributed by atoms with van der Waals surface area (Å²) in [5, 5.41) is 8.62. The van der Waals surface area contributed by atoms with Crippen molar-refractivity contribution in [2.24, 2.45) is 0 Å². The number of furan rings is 1. The summed E-state index contributed by atoms with van der Waals surface area (Å²) in [6.07, 6.45) is 3.83. The van der Waals surface area contributed by atoms with Gasteiger partial charge in [0, 0.05) is 17.5 Å². The maximum absolute atomic E-state index is 13.1. The van der Waals surface area contributed by atoms with Gasteiger partial charge in [0.15, 0.2) is 11.3 Å². The average molecular weight is 409 g/mol. The highest BCUT2D eigenvalue weighted by molar-refractivity contribution is 6.35. The van der Waals surface area contributed by atoms with E-state index in [1.165, 1.54) is 6.33 Å². The number of halogens is 1. The van der Waals surface area contributed by atoms with Gasteiger partial charge in [-0.15, -0.1) is 0 Å². The Morgan fingerprint density at radius 1 is 1.24 bits per heavy atom. The molecule has 0 fully saturated rings. The van der Waals surface area contributed by atoms with E-state index in [1.807, 2.05) is 56.3 Å². The van der Waals surface area contributed by atoms with Crippen molar-refractivity contribution in [2.75, 3.05) is 0 Å². The largest absolute Gasteiger partial charge is 0.449 e. The van der Waals surface area contributed by atoms with Gasteiger partial charge in [0.2, 0.25) is 0 Å². The molecule has 1 amide bonds. The van der Waals surface area contributed by atoms with Gasteiger partial charge in [0.1, 0.15) is 12.7 Å². The predicted octanol–water partition coefficient (Wildman–Crippen LogP) is 4.86. The molecule has 6 nitrogen and oxygen atoms in total. The van der Waals surface area contributed by atoms with Crippen molar-refractivity contribution >= 4 is 28.5 Å². The van der Waals surface area contributed by atoms with Crippen molar-refractivity contribution in [1.82, 2.24) is 20.1 Å². The summed E-state index contributed by atoms with van der Waals surface area (Å²) in [5.74, 6) is 0.0223. The normalized spacial score (nSPS) is 12.2. The molecule has 0 aliphatic rings. The highest BCUT2D eigenvalue weighted by atomic mass is 35.5. The maximum atomic E-state index is 13.1. The quantitative estimate of drug-likeness (QED) is 0.494. The van der Waals surface area contributed by atoms with E-state index in [9.17, 15) is 4.79 Å². The number of hydrogen-bond acceptors (Lipinski definition) is 4. The molecule has 0 spiro atoms. The molecule has 0 radical (unpaired) electrons. The van der Waals surface area contributed by atoms with E-state index < -0.39 is 0 Å². The van der Waals surface area contributed by atoms with E-state index in [4.69, 9.17) is 16.0 Å². The number of rotatable bonds is 6. The van der Waals surface area contributed by atoms with Crippen LogP contribution in [0.3, 0.4) is 0 Å². The number of carbonyl (C=O) groups is 1. The van der Waals surface area contributed by atoms with Crippen molar-refractivity contribution in [3.63, 3.8) is 0 Å². The first-order valence-corrected chi connectivity index (χ1v) is 9.78. The third-order valence-electron chi connectivity index (χ3n) is 4.96.